The van der Waals surface area contributed by atoms with Crippen LogP contribution in [-0.4, -0.2) is 41.5 Å². The van der Waals surface area contributed by atoms with Crippen molar-refractivity contribution in [3.05, 3.63) is 24.3 Å². The van der Waals surface area contributed by atoms with E-state index < -0.39 is 5.54 Å². The highest BCUT2D eigenvalue weighted by molar-refractivity contribution is 5.76. The van der Waals surface area contributed by atoms with E-state index in [4.69, 9.17) is 20.7 Å². The van der Waals surface area contributed by atoms with E-state index in [9.17, 15) is 4.79 Å². The summed E-state index contributed by atoms with van der Waals surface area (Å²) in [6.07, 6.45) is 0.139. The largest absolute Gasteiger partial charge is 0.493 e. The number of nitrogens with two attached hydrogens (primary N) is 1. The van der Waals surface area contributed by atoms with Crippen molar-refractivity contribution in [3.63, 3.8) is 0 Å². The summed E-state index contributed by atoms with van der Waals surface area (Å²) in [6.45, 7) is 1.12. The van der Waals surface area contributed by atoms with Gasteiger partial charge in [-0.25, -0.2) is 0 Å². The monoisotopic (exact) mass is 268 g/mol. The molecule has 0 aliphatic carbocycles. The number of rotatable bonds is 7. The minimum absolute atomic E-state index is 0.139. The van der Waals surface area contributed by atoms with E-state index in [0.29, 0.717) is 11.4 Å². The van der Waals surface area contributed by atoms with Crippen LogP contribution in [0.3, 0.4) is 0 Å². The highest BCUT2D eigenvalue weighted by Crippen LogP contribution is 2.13. The van der Waals surface area contributed by atoms with E-state index in [0.717, 1.165) is 0 Å². The molecule has 6 heteroatoms. The van der Waals surface area contributed by atoms with Crippen molar-refractivity contribution in [2.45, 2.75) is 18.9 Å². The standard InChI is InChI=1S/C13H20N2O4/c1-13(8-16,9-17)15-12(18)6-7-19-11-4-2-10(14)3-5-11/h2-5,16-17H,6-9,14H2,1H3,(H,15,18). The maximum atomic E-state index is 11.6. The third-order valence-electron chi connectivity index (χ3n) is 2.62. The fourth-order valence-corrected chi connectivity index (χ4v) is 1.35. The number of benzene rings is 1. The molecule has 0 bridgehead atoms. The molecule has 0 fully saturated rings. The highest BCUT2D eigenvalue weighted by Gasteiger charge is 2.24. The number of anilines is 1. The third-order valence-corrected chi connectivity index (χ3v) is 2.62. The molecule has 1 amide bonds. The van der Waals surface area contributed by atoms with Crippen molar-refractivity contribution < 1.29 is 19.7 Å². The molecule has 0 heterocycles. The van der Waals surface area contributed by atoms with E-state index >= 15 is 0 Å². The molecule has 1 rings (SSSR count). The van der Waals surface area contributed by atoms with Gasteiger partial charge in [0.25, 0.3) is 0 Å². The second-order valence-electron chi connectivity index (χ2n) is 4.59. The number of amides is 1. The van der Waals surface area contributed by atoms with Crippen LogP contribution >= 0.6 is 0 Å². The first-order valence-electron chi connectivity index (χ1n) is 6.00. The number of hydrogen-bond acceptors (Lipinski definition) is 5. The number of carbonyl (C=O) groups is 1. The van der Waals surface area contributed by atoms with Gasteiger partial charge in [0.15, 0.2) is 0 Å². The maximum absolute atomic E-state index is 11.6. The lowest BCUT2D eigenvalue weighted by atomic mass is 10.1. The van der Waals surface area contributed by atoms with Crippen LogP contribution in [0.2, 0.25) is 0 Å². The molecule has 0 atom stereocenters. The van der Waals surface area contributed by atoms with Crippen LogP contribution in [-0.2, 0) is 4.79 Å². The molecule has 0 saturated heterocycles. The Hall–Kier alpha value is -1.79. The Labute approximate surface area is 112 Å². The predicted molar refractivity (Wildman–Crippen MR) is 71.7 cm³/mol. The normalized spacial score (nSPS) is 11.1. The van der Waals surface area contributed by atoms with Gasteiger partial charge in [-0.1, -0.05) is 0 Å². The van der Waals surface area contributed by atoms with Gasteiger partial charge in [0.05, 0.1) is 31.8 Å². The van der Waals surface area contributed by atoms with Crippen molar-refractivity contribution in [2.24, 2.45) is 0 Å². The summed E-state index contributed by atoms with van der Waals surface area (Å²) in [4.78, 5) is 11.6. The van der Waals surface area contributed by atoms with Gasteiger partial charge in [0.1, 0.15) is 5.75 Å². The smallest absolute Gasteiger partial charge is 0.224 e. The molecule has 1 aromatic carbocycles. The zero-order valence-electron chi connectivity index (χ0n) is 10.9. The molecular weight excluding hydrogens is 248 g/mol. The van der Waals surface area contributed by atoms with Crippen molar-refractivity contribution in [1.82, 2.24) is 5.32 Å². The van der Waals surface area contributed by atoms with Gasteiger partial charge in [-0.15, -0.1) is 0 Å². The summed E-state index contributed by atoms with van der Waals surface area (Å²) < 4.78 is 5.37. The quantitative estimate of drug-likeness (QED) is 0.517. The lowest BCUT2D eigenvalue weighted by molar-refractivity contribution is -0.124. The zero-order chi connectivity index (χ0) is 14.3. The molecule has 1 aromatic rings. The SMILES string of the molecule is CC(CO)(CO)NC(=O)CCOc1ccc(N)cc1. The molecule has 0 aliphatic rings. The van der Waals surface area contributed by atoms with Gasteiger partial charge in [0.2, 0.25) is 5.91 Å². The van der Waals surface area contributed by atoms with Crippen LogP contribution in [0.1, 0.15) is 13.3 Å². The topological polar surface area (TPSA) is 105 Å². The number of aliphatic hydroxyl groups excluding tert-OH is 2. The summed E-state index contributed by atoms with van der Waals surface area (Å²) in [5.41, 5.74) is 5.18. The Morgan fingerprint density at radius 2 is 1.89 bits per heavy atom. The summed E-state index contributed by atoms with van der Waals surface area (Å²) in [5, 5.41) is 20.6. The Bertz CT molecular complexity index is 402. The van der Waals surface area contributed by atoms with Crippen molar-refractivity contribution in [2.75, 3.05) is 25.6 Å². The lowest BCUT2D eigenvalue weighted by Crippen LogP contribution is -2.51. The van der Waals surface area contributed by atoms with Gasteiger partial charge in [-0.3, -0.25) is 4.79 Å². The van der Waals surface area contributed by atoms with Crippen molar-refractivity contribution in [1.29, 1.82) is 0 Å². The third kappa shape index (κ3) is 5.15. The molecule has 106 valence electrons. The van der Waals surface area contributed by atoms with Gasteiger partial charge in [-0.2, -0.15) is 0 Å². The second kappa shape index (κ2) is 6.96. The summed E-state index contributed by atoms with van der Waals surface area (Å²) in [7, 11) is 0. The van der Waals surface area contributed by atoms with Gasteiger partial charge in [0, 0.05) is 5.69 Å². The number of hydrogen-bond donors (Lipinski definition) is 4. The van der Waals surface area contributed by atoms with E-state index in [1.165, 1.54) is 0 Å². The first kappa shape index (κ1) is 15.3. The number of aliphatic hydroxyl groups is 2. The Morgan fingerprint density at radius 1 is 1.32 bits per heavy atom. The lowest BCUT2D eigenvalue weighted by Gasteiger charge is -2.26. The van der Waals surface area contributed by atoms with Gasteiger partial charge < -0.3 is 26.0 Å². The number of ether oxygens (including phenoxy) is 1. The van der Waals surface area contributed by atoms with Crippen LogP contribution in [0.25, 0.3) is 0 Å². The van der Waals surface area contributed by atoms with Crippen LogP contribution in [0, 0.1) is 0 Å². The van der Waals surface area contributed by atoms with Crippen LogP contribution in [0.15, 0.2) is 24.3 Å². The highest BCUT2D eigenvalue weighted by atomic mass is 16.5. The van der Waals surface area contributed by atoms with Crippen LogP contribution < -0.4 is 15.8 Å². The Balaban J connectivity index is 2.33. The van der Waals surface area contributed by atoms with E-state index in [-0.39, 0.29) is 32.1 Å². The molecule has 0 spiro atoms. The summed E-state index contributed by atoms with van der Waals surface area (Å²) >= 11 is 0. The zero-order valence-corrected chi connectivity index (χ0v) is 10.9. The first-order valence-corrected chi connectivity index (χ1v) is 6.00. The Kier molecular flexibility index (Phi) is 5.59. The minimum Gasteiger partial charge on any atom is -0.493 e. The average molecular weight is 268 g/mol. The molecule has 0 unspecified atom stereocenters. The van der Waals surface area contributed by atoms with Gasteiger partial charge in [-0.05, 0) is 31.2 Å². The molecule has 6 nitrogen and oxygen atoms in total. The molecule has 0 radical (unpaired) electrons. The number of carbonyl (C=O) groups excluding carboxylic acids is 1. The summed E-state index contributed by atoms with van der Waals surface area (Å²) in [5.74, 6) is 0.343. The minimum atomic E-state index is -1.00. The number of nitrogens with one attached hydrogen (secondary N) is 1. The van der Waals surface area contributed by atoms with Gasteiger partial charge >= 0.3 is 0 Å². The maximum Gasteiger partial charge on any atom is 0.224 e. The van der Waals surface area contributed by atoms with E-state index in [2.05, 4.69) is 5.32 Å². The summed E-state index contributed by atoms with van der Waals surface area (Å²) in [6, 6.07) is 6.87. The first-order chi connectivity index (χ1) is 8.99. The molecule has 19 heavy (non-hydrogen) atoms. The Morgan fingerprint density at radius 3 is 2.42 bits per heavy atom. The molecular formula is C13H20N2O4. The van der Waals surface area contributed by atoms with E-state index in [1.807, 2.05) is 0 Å². The van der Waals surface area contributed by atoms with Crippen LogP contribution in [0.5, 0.6) is 5.75 Å². The molecule has 0 saturated carbocycles. The molecule has 0 aliphatic heterocycles. The second-order valence-corrected chi connectivity index (χ2v) is 4.59. The van der Waals surface area contributed by atoms with E-state index in [1.54, 1.807) is 31.2 Å². The fourth-order valence-electron chi connectivity index (χ4n) is 1.35. The molecule has 0 aromatic heterocycles. The van der Waals surface area contributed by atoms with Crippen molar-refractivity contribution >= 4 is 11.6 Å². The van der Waals surface area contributed by atoms with Crippen molar-refractivity contribution in [3.8, 4) is 5.75 Å². The van der Waals surface area contributed by atoms with Crippen LogP contribution in [0.4, 0.5) is 5.69 Å². The number of nitrogen functional groups attached to an aromatic ring is 1. The fraction of sp³-hybridized carbons (Fsp3) is 0.462. The molecule has 5 N–H and O–H groups in total. The predicted octanol–water partition coefficient (Wildman–Crippen LogP) is -0.103. The average Bonchev–Trinajstić information content (AvgIpc) is 2.41.